The molecule has 1 aliphatic heterocycles. The molecule has 0 radical (unpaired) electrons. The van der Waals surface area contributed by atoms with Gasteiger partial charge in [-0.25, -0.2) is 4.39 Å². The van der Waals surface area contributed by atoms with Crippen LogP contribution in [0.4, 0.5) is 4.39 Å². The molecular formula is C21H23Cl2FN2O2. The fraction of sp³-hybridized carbons (Fsp3) is 0.381. The van der Waals surface area contributed by atoms with E-state index in [1.165, 1.54) is 11.6 Å². The van der Waals surface area contributed by atoms with E-state index in [0.717, 1.165) is 31.3 Å². The first-order valence-electron chi connectivity index (χ1n) is 9.20. The van der Waals surface area contributed by atoms with Gasteiger partial charge in [-0.2, -0.15) is 0 Å². The van der Waals surface area contributed by atoms with Crippen LogP contribution in [0.1, 0.15) is 35.3 Å². The molecule has 2 atom stereocenters. The predicted octanol–water partition coefficient (Wildman–Crippen LogP) is 4.67. The van der Waals surface area contributed by atoms with Crippen molar-refractivity contribution in [3.8, 4) is 0 Å². The van der Waals surface area contributed by atoms with Gasteiger partial charge in [-0.05, 0) is 37.1 Å². The van der Waals surface area contributed by atoms with Gasteiger partial charge in [0.25, 0.3) is 5.91 Å². The molecule has 2 aromatic carbocycles. The summed E-state index contributed by atoms with van der Waals surface area (Å²) >= 11 is 11.6. The third-order valence-corrected chi connectivity index (χ3v) is 5.23. The van der Waals surface area contributed by atoms with Crippen molar-refractivity contribution in [2.45, 2.75) is 39.1 Å². The molecule has 0 bridgehead atoms. The van der Waals surface area contributed by atoms with E-state index in [2.05, 4.69) is 36.2 Å². The summed E-state index contributed by atoms with van der Waals surface area (Å²) in [6.45, 7) is 7.21. The van der Waals surface area contributed by atoms with Crippen LogP contribution in [0.5, 0.6) is 0 Å². The third kappa shape index (κ3) is 5.45. The lowest BCUT2D eigenvalue weighted by Gasteiger charge is -2.35. The normalized spacial score (nSPS) is 20.2. The fourth-order valence-electron chi connectivity index (χ4n) is 3.41. The van der Waals surface area contributed by atoms with Gasteiger partial charge in [0.15, 0.2) is 0 Å². The average molecular weight is 425 g/mol. The van der Waals surface area contributed by atoms with Crippen LogP contribution in [0.2, 0.25) is 10.0 Å². The summed E-state index contributed by atoms with van der Waals surface area (Å²) < 4.78 is 19.3. The van der Waals surface area contributed by atoms with Gasteiger partial charge in [0, 0.05) is 26.2 Å². The number of morpholine rings is 1. The summed E-state index contributed by atoms with van der Waals surface area (Å²) in [6.07, 6.45) is 0.477. The monoisotopic (exact) mass is 424 g/mol. The number of hydrogen-bond donors (Lipinski definition) is 1. The zero-order chi connectivity index (χ0) is 20.3. The standard InChI is InChI=1S/C21H23Cl2FN2O2/c1-13-10-26(11-14(2)28-13)12-16-5-3-15(4-6-16)9-25-21(27)17-7-20(24)19(23)8-18(17)22/h3-8,13-14H,9-12H2,1-2H3,(H,25,27). The number of nitrogens with zero attached hydrogens (tertiary/aromatic N) is 1. The minimum Gasteiger partial charge on any atom is -0.373 e. The number of rotatable bonds is 5. The molecule has 1 fully saturated rings. The van der Waals surface area contributed by atoms with Gasteiger partial charge in [0.05, 0.1) is 27.8 Å². The molecule has 3 rings (SSSR count). The second kappa shape index (κ2) is 9.23. The number of carbonyl (C=O) groups excluding carboxylic acids is 1. The Morgan fingerprint density at radius 1 is 1.11 bits per heavy atom. The van der Waals surface area contributed by atoms with Gasteiger partial charge in [-0.15, -0.1) is 0 Å². The Morgan fingerprint density at radius 3 is 2.36 bits per heavy atom. The Kier molecular flexibility index (Phi) is 6.94. The van der Waals surface area contributed by atoms with E-state index in [1.807, 2.05) is 12.1 Å². The van der Waals surface area contributed by atoms with Crippen LogP contribution in [-0.2, 0) is 17.8 Å². The van der Waals surface area contributed by atoms with Gasteiger partial charge in [0.1, 0.15) is 5.82 Å². The van der Waals surface area contributed by atoms with Crippen LogP contribution in [0, 0.1) is 5.82 Å². The van der Waals surface area contributed by atoms with E-state index in [1.54, 1.807) is 0 Å². The number of carbonyl (C=O) groups is 1. The Hall–Kier alpha value is -1.66. The van der Waals surface area contributed by atoms with Gasteiger partial charge in [-0.3, -0.25) is 9.69 Å². The molecule has 2 aromatic rings. The maximum atomic E-state index is 13.6. The van der Waals surface area contributed by atoms with Crippen molar-refractivity contribution in [2.24, 2.45) is 0 Å². The first-order chi connectivity index (χ1) is 13.3. The summed E-state index contributed by atoms with van der Waals surface area (Å²) in [4.78, 5) is 14.7. The largest absolute Gasteiger partial charge is 0.373 e. The third-order valence-electron chi connectivity index (χ3n) is 4.63. The maximum Gasteiger partial charge on any atom is 0.253 e. The van der Waals surface area contributed by atoms with Crippen molar-refractivity contribution < 1.29 is 13.9 Å². The Bertz CT molecular complexity index is 835. The predicted molar refractivity (Wildman–Crippen MR) is 109 cm³/mol. The van der Waals surface area contributed by atoms with Crippen LogP contribution in [-0.4, -0.2) is 36.1 Å². The molecule has 4 nitrogen and oxygen atoms in total. The number of nitrogens with one attached hydrogen (secondary N) is 1. The maximum absolute atomic E-state index is 13.6. The van der Waals surface area contributed by atoms with Crippen molar-refractivity contribution >= 4 is 29.1 Å². The van der Waals surface area contributed by atoms with E-state index >= 15 is 0 Å². The Morgan fingerprint density at radius 2 is 1.71 bits per heavy atom. The van der Waals surface area contributed by atoms with Crippen molar-refractivity contribution in [1.29, 1.82) is 0 Å². The highest BCUT2D eigenvalue weighted by molar-refractivity contribution is 6.36. The lowest BCUT2D eigenvalue weighted by Crippen LogP contribution is -2.44. The average Bonchev–Trinajstić information content (AvgIpc) is 2.63. The minimum absolute atomic E-state index is 0.0655. The van der Waals surface area contributed by atoms with E-state index in [9.17, 15) is 9.18 Å². The Balaban J connectivity index is 1.56. The van der Waals surface area contributed by atoms with Gasteiger partial charge < -0.3 is 10.1 Å². The van der Waals surface area contributed by atoms with Crippen LogP contribution >= 0.6 is 23.2 Å². The quantitative estimate of drug-likeness (QED) is 0.708. The summed E-state index contributed by atoms with van der Waals surface area (Å²) in [5.74, 6) is -1.12. The smallest absolute Gasteiger partial charge is 0.253 e. The molecule has 150 valence electrons. The van der Waals surface area contributed by atoms with Crippen molar-refractivity contribution in [3.63, 3.8) is 0 Å². The van der Waals surface area contributed by atoms with Crippen LogP contribution < -0.4 is 5.32 Å². The number of amides is 1. The van der Waals surface area contributed by atoms with E-state index in [4.69, 9.17) is 27.9 Å². The van der Waals surface area contributed by atoms with Crippen LogP contribution in [0.3, 0.4) is 0 Å². The van der Waals surface area contributed by atoms with E-state index < -0.39 is 11.7 Å². The molecule has 1 aliphatic rings. The highest BCUT2D eigenvalue weighted by Crippen LogP contribution is 2.24. The molecule has 0 aliphatic carbocycles. The summed E-state index contributed by atoms with van der Waals surface area (Å²) in [5.41, 5.74) is 2.22. The lowest BCUT2D eigenvalue weighted by molar-refractivity contribution is -0.0704. The molecule has 2 unspecified atom stereocenters. The first kappa shape index (κ1) is 21.1. The van der Waals surface area contributed by atoms with Crippen molar-refractivity contribution in [1.82, 2.24) is 10.2 Å². The van der Waals surface area contributed by atoms with Crippen molar-refractivity contribution in [2.75, 3.05) is 13.1 Å². The van der Waals surface area contributed by atoms with E-state index in [0.29, 0.717) is 6.54 Å². The van der Waals surface area contributed by atoms with Crippen LogP contribution in [0.15, 0.2) is 36.4 Å². The summed E-state index contributed by atoms with van der Waals surface area (Å²) in [5, 5.41) is 2.76. The molecule has 1 saturated heterocycles. The van der Waals surface area contributed by atoms with Gasteiger partial charge in [-0.1, -0.05) is 47.5 Å². The van der Waals surface area contributed by atoms with Crippen LogP contribution in [0.25, 0.3) is 0 Å². The number of hydrogen-bond acceptors (Lipinski definition) is 3. The second-order valence-electron chi connectivity index (χ2n) is 7.20. The summed E-state index contributed by atoms with van der Waals surface area (Å²) in [7, 11) is 0. The molecular weight excluding hydrogens is 402 g/mol. The zero-order valence-corrected chi connectivity index (χ0v) is 17.4. The molecule has 0 spiro atoms. The molecule has 1 amide bonds. The highest BCUT2D eigenvalue weighted by atomic mass is 35.5. The van der Waals surface area contributed by atoms with E-state index in [-0.39, 0.29) is 27.8 Å². The molecule has 7 heteroatoms. The fourth-order valence-corrected chi connectivity index (χ4v) is 3.88. The molecule has 1 N–H and O–H groups in total. The number of halogens is 3. The topological polar surface area (TPSA) is 41.6 Å². The second-order valence-corrected chi connectivity index (χ2v) is 8.01. The van der Waals surface area contributed by atoms with Gasteiger partial charge in [0.2, 0.25) is 0 Å². The molecule has 0 aromatic heterocycles. The number of benzene rings is 2. The van der Waals surface area contributed by atoms with Crippen molar-refractivity contribution in [3.05, 3.63) is 69.0 Å². The first-order valence-corrected chi connectivity index (χ1v) is 9.96. The summed E-state index contributed by atoms with van der Waals surface area (Å²) in [6, 6.07) is 10.4. The van der Waals surface area contributed by atoms with Gasteiger partial charge >= 0.3 is 0 Å². The molecule has 1 heterocycles. The Labute approximate surface area is 174 Å². The zero-order valence-electron chi connectivity index (χ0n) is 15.8. The number of ether oxygens (including phenoxy) is 1. The molecule has 28 heavy (non-hydrogen) atoms. The lowest BCUT2D eigenvalue weighted by atomic mass is 10.1. The molecule has 0 saturated carbocycles. The SMILES string of the molecule is CC1CN(Cc2ccc(CNC(=O)c3cc(F)c(Cl)cc3Cl)cc2)CC(C)O1. The minimum atomic E-state index is -0.674. The highest BCUT2D eigenvalue weighted by Gasteiger charge is 2.22.